The number of nitrogens with zero attached hydrogens (tertiary/aromatic N) is 2. The minimum atomic E-state index is 0.193. The van der Waals surface area contributed by atoms with Gasteiger partial charge in [-0.05, 0) is 49.4 Å². The number of phenolic OH excluding ortho intramolecular Hbond substituents is 1. The standard InChI is InChI=1S/C21H24ClN3O3/c1-3-28-18-7-4-15(5-8-18)19-14-24-21(25(19)10-11-27-2)23-13-16-12-17(22)6-9-20(16)26/h4-9,12,14,26H,3,10-11,13H2,1-2H3,(H,23,24). The van der Waals surface area contributed by atoms with Crippen LogP contribution < -0.4 is 10.1 Å². The molecule has 0 spiro atoms. The average Bonchev–Trinajstić information content (AvgIpc) is 3.10. The second-order valence-corrected chi connectivity index (χ2v) is 6.63. The number of methoxy groups -OCH3 is 1. The Hall–Kier alpha value is -2.70. The molecule has 28 heavy (non-hydrogen) atoms. The Labute approximate surface area is 169 Å². The van der Waals surface area contributed by atoms with Gasteiger partial charge >= 0.3 is 0 Å². The topological polar surface area (TPSA) is 68.5 Å². The van der Waals surface area contributed by atoms with Crippen molar-refractivity contribution in [1.82, 2.24) is 9.55 Å². The Balaban J connectivity index is 1.84. The van der Waals surface area contributed by atoms with E-state index in [0.29, 0.717) is 42.8 Å². The summed E-state index contributed by atoms with van der Waals surface area (Å²) >= 11 is 6.03. The average molecular weight is 402 g/mol. The molecule has 7 heteroatoms. The normalized spacial score (nSPS) is 10.8. The molecule has 3 rings (SSSR count). The van der Waals surface area contributed by atoms with Crippen molar-refractivity contribution in [3.05, 3.63) is 59.2 Å². The van der Waals surface area contributed by atoms with E-state index < -0.39 is 0 Å². The van der Waals surface area contributed by atoms with Crippen LogP contribution in [0.4, 0.5) is 5.95 Å². The van der Waals surface area contributed by atoms with Gasteiger partial charge in [-0.15, -0.1) is 0 Å². The molecule has 1 heterocycles. The van der Waals surface area contributed by atoms with Gasteiger partial charge in [-0.1, -0.05) is 11.6 Å². The van der Waals surface area contributed by atoms with Gasteiger partial charge in [-0.3, -0.25) is 0 Å². The lowest BCUT2D eigenvalue weighted by molar-refractivity contribution is 0.188. The quantitative estimate of drug-likeness (QED) is 0.549. The molecule has 0 radical (unpaired) electrons. The molecule has 6 nitrogen and oxygen atoms in total. The summed E-state index contributed by atoms with van der Waals surface area (Å²) in [7, 11) is 1.67. The van der Waals surface area contributed by atoms with E-state index in [1.54, 1.807) is 25.3 Å². The van der Waals surface area contributed by atoms with Crippen LogP contribution in [0.1, 0.15) is 12.5 Å². The summed E-state index contributed by atoms with van der Waals surface area (Å²) in [4.78, 5) is 4.52. The monoisotopic (exact) mass is 401 g/mol. The van der Waals surface area contributed by atoms with Crippen LogP contribution in [0.25, 0.3) is 11.3 Å². The Bertz CT molecular complexity index is 910. The fourth-order valence-electron chi connectivity index (χ4n) is 2.91. The van der Waals surface area contributed by atoms with Crippen molar-refractivity contribution >= 4 is 17.5 Å². The summed E-state index contributed by atoms with van der Waals surface area (Å²) in [5.41, 5.74) is 2.71. The first-order valence-corrected chi connectivity index (χ1v) is 9.49. The van der Waals surface area contributed by atoms with Crippen molar-refractivity contribution < 1.29 is 14.6 Å². The van der Waals surface area contributed by atoms with E-state index in [-0.39, 0.29) is 5.75 Å². The Morgan fingerprint density at radius 2 is 1.96 bits per heavy atom. The molecular formula is C21H24ClN3O3. The van der Waals surface area contributed by atoms with E-state index in [1.165, 1.54) is 0 Å². The van der Waals surface area contributed by atoms with Crippen molar-refractivity contribution in [3.63, 3.8) is 0 Å². The number of halogens is 1. The molecule has 0 aliphatic rings. The summed E-state index contributed by atoms with van der Waals surface area (Å²) in [5.74, 6) is 1.72. The summed E-state index contributed by atoms with van der Waals surface area (Å²) in [5, 5.41) is 13.9. The van der Waals surface area contributed by atoms with Crippen molar-refractivity contribution in [2.24, 2.45) is 0 Å². The second-order valence-electron chi connectivity index (χ2n) is 6.20. The van der Waals surface area contributed by atoms with Crippen LogP contribution in [-0.4, -0.2) is 35.0 Å². The fourth-order valence-corrected chi connectivity index (χ4v) is 3.11. The number of phenols is 1. The molecule has 0 saturated heterocycles. The first kappa shape index (κ1) is 20.0. The highest BCUT2D eigenvalue weighted by atomic mass is 35.5. The molecule has 0 saturated carbocycles. The number of rotatable bonds is 9. The van der Waals surface area contributed by atoms with Crippen LogP contribution in [0.3, 0.4) is 0 Å². The van der Waals surface area contributed by atoms with Crippen LogP contribution in [0.5, 0.6) is 11.5 Å². The molecule has 0 atom stereocenters. The maximum absolute atomic E-state index is 10.0. The molecule has 2 N–H and O–H groups in total. The lowest BCUT2D eigenvalue weighted by Crippen LogP contribution is -2.11. The molecule has 0 bridgehead atoms. The third-order valence-corrected chi connectivity index (χ3v) is 4.55. The van der Waals surface area contributed by atoms with Gasteiger partial charge in [-0.2, -0.15) is 0 Å². The zero-order chi connectivity index (χ0) is 19.9. The Morgan fingerprint density at radius 3 is 2.68 bits per heavy atom. The van der Waals surface area contributed by atoms with E-state index >= 15 is 0 Å². The summed E-state index contributed by atoms with van der Waals surface area (Å²) in [6.07, 6.45) is 1.82. The van der Waals surface area contributed by atoms with Crippen molar-refractivity contribution in [2.45, 2.75) is 20.0 Å². The minimum absolute atomic E-state index is 0.193. The van der Waals surface area contributed by atoms with Gasteiger partial charge in [0.25, 0.3) is 0 Å². The molecule has 148 valence electrons. The summed E-state index contributed by atoms with van der Waals surface area (Å²) in [6.45, 7) is 4.19. The van der Waals surface area contributed by atoms with Crippen LogP contribution in [0.15, 0.2) is 48.7 Å². The van der Waals surface area contributed by atoms with Gasteiger partial charge in [0.05, 0.1) is 25.1 Å². The van der Waals surface area contributed by atoms with Gasteiger partial charge in [0.2, 0.25) is 5.95 Å². The van der Waals surface area contributed by atoms with Crippen molar-refractivity contribution in [1.29, 1.82) is 0 Å². The molecule has 0 aliphatic heterocycles. The van der Waals surface area contributed by atoms with Crippen LogP contribution in [0.2, 0.25) is 5.02 Å². The summed E-state index contributed by atoms with van der Waals surface area (Å²) in [6, 6.07) is 12.9. The smallest absolute Gasteiger partial charge is 0.203 e. The van der Waals surface area contributed by atoms with Crippen molar-refractivity contribution in [2.75, 3.05) is 25.6 Å². The van der Waals surface area contributed by atoms with Crippen molar-refractivity contribution in [3.8, 4) is 22.8 Å². The van der Waals surface area contributed by atoms with Gasteiger partial charge in [0.1, 0.15) is 11.5 Å². The molecule has 1 aromatic heterocycles. The first-order chi connectivity index (χ1) is 13.6. The number of aromatic nitrogens is 2. The maximum atomic E-state index is 10.0. The van der Waals surface area contributed by atoms with Crippen LogP contribution in [-0.2, 0) is 17.8 Å². The first-order valence-electron chi connectivity index (χ1n) is 9.11. The summed E-state index contributed by atoms with van der Waals surface area (Å²) < 4.78 is 12.8. The zero-order valence-electron chi connectivity index (χ0n) is 16.0. The predicted molar refractivity (Wildman–Crippen MR) is 111 cm³/mol. The van der Waals surface area contributed by atoms with E-state index in [9.17, 15) is 5.11 Å². The van der Waals surface area contributed by atoms with Crippen LogP contribution in [0, 0.1) is 0 Å². The van der Waals surface area contributed by atoms with Crippen LogP contribution >= 0.6 is 11.6 Å². The second kappa shape index (κ2) is 9.48. The highest BCUT2D eigenvalue weighted by molar-refractivity contribution is 6.30. The molecule has 3 aromatic rings. The molecule has 0 unspecified atom stereocenters. The lowest BCUT2D eigenvalue weighted by Gasteiger charge is -2.14. The third kappa shape index (κ3) is 4.77. The highest BCUT2D eigenvalue weighted by Gasteiger charge is 2.13. The lowest BCUT2D eigenvalue weighted by atomic mass is 10.1. The van der Waals surface area contributed by atoms with Gasteiger partial charge < -0.3 is 24.5 Å². The Morgan fingerprint density at radius 1 is 1.18 bits per heavy atom. The maximum Gasteiger partial charge on any atom is 0.203 e. The Kier molecular flexibility index (Phi) is 6.79. The molecule has 2 aromatic carbocycles. The van der Waals surface area contributed by atoms with E-state index in [2.05, 4.69) is 14.9 Å². The number of benzene rings is 2. The molecule has 0 amide bonds. The number of aromatic hydroxyl groups is 1. The SMILES string of the molecule is CCOc1ccc(-c2cnc(NCc3cc(Cl)ccc3O)n2CCOC)cc1. The zero-order valence-corrected chi connectivity index (χ0v) is 16.7. The third-order valence-electron chi connectivity index (χ3n) is 4.31. The van der Waals surface area contributed by atoms with E-state index in [0.717, 1.165) is 17.0 Å². The van der Waals surface area contributed by atoms with Gasteiger partial charge in [0.15, 0.2) is 0 Å². The number of hydrogen-bond donors (Lipinski definition) is 2. The van der Waals surface area contributed by atoms with Gasteiger partial charge in [0, 0.05) is 36.3 Å². The van der Waals surface area contributed by atoms with E-state index in [1.807, 2.05) is 37.4 Å². The number of ether oxygens (including phenoxy) is 2. The van der Waals surface area contributed by atoms with E-state index in [4.69, 9.17) is 21.1 Å². The largest absolute Gasteiger partial charge is 0.508 e. The van der Waals surface area contributed by atoms with Gasteiger partial charge in [-0.25, -0.2) is 4.98 Å². The molecule has 0 aliphatic carbocycles. The number of nitrogens with one attached hydrogen (secondary N) is 1. The molecule has 0 fully saturated rings. The number of hydrogen-bond acceptors (Lipinski definition) is 5. The molecular weight excluding hydrogens is 378 g/mol. The predicted octanol–water partition coefficient (Wildman–Crippen LogP) is 4.57. The fraction of sp³-hybridized carbons (Fsp3) is 0.286. The number of anilines is 1. The number of imidazole rings is 1. The minimum Gasteiger partial charge on any atom is -0.508 e. The highest BCUT2D eigenvalue weighted by Crippen LogP contribution is 2.27.